The van der Waals surface area contributed by atoms with Gasteiger partial charge in [-0.3, -0.25) is 14.3 Å². The number of amides is 1. The molecule has 1 amide bonds. The Labute approximate surface area is 229 Å². The van der Waals surface area contributed by atoms with Crippen LogP contribution in [0.15, 0.2) is 83.4 Å². The molecule has 0 aliphatic carbocycles. The van der Waals surface area contributed by atoms with E-state index in [4.69, 9.17) is 4.74 Å². The Bertz CT molecular complexity index is 1940. The molecule has 0 aliphatic heterocycles. The van der Waals surface area contributed by atoms with Crippen molar-refractivity contribution in [2.45, 2.75) is 6.92 Å². The molecular weight excluding hydrogens is 538 g/mol. The van der Waals surface area contributed by atoms with Crippen LogP contribution in [-0.4, -0.2) is 29.9 Å². The number of halogens is 2. The van der Waals surface area contributed by atoms with Crippen molar-refractivity contribution in [1.82, 2.24) is 24.0 Å². The Morgan fingerprint density at radius 2 is 1.88 bits per heavy atom. The number of nitrogens with zero attached hydrogens (tertiary/aromatic N) is 5. The Kier molecular flexibility index (Phi) is 6.23. The van der Waals surface area contributed by atoms with Crippen LogP contribution in [-0.2, 0) is 7.05 Å². The lowest BCUT2D eigenvalue weighted by Gasteiger charge is -2.10. The van der Waals surface area contributed by atoms with Crippen LogP contribution in [0.5, 0.6) is 11.6 Å². The van der Waals surface area contributed by atoms with Gasteiger partial charge in [-0.2, -0.15) is 10.1 Å². The molecule has 0 atom stereocenters. The number of benzene rings is 2. The summed E-state index contributed by atoms with van der Waals surface area (Å²) < 4.78 is 38.7. The molecule has 0 saturated heterocycles. The topological polar surface area (TPSA) is 95.5 Å². The molecule has 0 spiro atoms. The highest BCUT2D eigenvalue weighted by atomic mass is 32.1. The fraction of sp³-hybridized carbons (Fsp3) is 0.0714. The monoisotopic (exact) mass is 558 g/mol. The molecule has 0 radical (unpaired) electrons. The lowest BCUT2D eigenvalue weighted by molar-refractivity contribution is 0.102. The number of carbonyl (C=O) groups is 1. The minimum Gasteiger partial charge on any atom is -0.434 e. The number of thiophene rings is 1. The third kappa shape index (κ3) is 4.33. The number of fused-ring (bicyclic) bond motifs is 1. The van der Waals surface area contributed by atoms with Gasteiger partial charge in [-0.05, 0) is 60.8 Å². The Morgan fingerprint density at radius 3 is 2.60 bits per heavy atom. The van der Waals surface area contributed by atoms with Crippen LogP contribution in [0.1, 0.15) is 16.1 Å². The summed E-state index contributed by atoms with van der Waals surface area (Å²) in [6.45, 7) is 1.61. The van der Waals surface area contributed by atoms with Crippen LogP contribution in [0.4, 0.5) is 14.5 Å². The van der Waals surface area contributed by atoms with E-state index in [1.54, 1.807) is 36.0 Å². The zero-order chi connectivity index (χ0) is 28.0. The molecule has 6 aromatic rings. The third-order valence-corrected chi connectivity index (χ3v) is 7.36. The first-order chi connectivity index (χ1) is 19.3. The SMILES string of the molecule is Cc1c(C(=O)Nc2ccc(Oc3ncnn4ccc(-c5cccs5)c34)c(F)c2)c(=O)n(-c2ccc(F)cc2)n1C. The zero-order valence-corrected chi connectivity index (χ0v) is 21.9. The van der Waals surface area contributed by atoms with Gasteiger partial charge in [-0.1, -0.05) is 6.07 Å². The average Bonchev–Trinajstić information content (AvgIpc) is 3.66. The number of rotatable bonds is 6. The molecule has 6 rings (SSSR count). The van der Waals surface area contributed by atoms with E-state index >= 15 is 4.39 Å². The maximum atomic E-state index is 15.1. The standard InChI is InChI=1S/C28H20F2N6O3S/c1-16-24(28(38)36(34(16)2)19-8-5-17(29)6-9-19)26(37)33-18-7-10-22(21(30)14-18)39-27-25-20(23-4-3-13-40-23)11-12-35(25)32-15-31-27/h3-15H,1-2H3,(H,33,37). The second-order valence-corrected chi connectivity index (χ2v) is 9.79. The maximum Gasteiger partial charge on any atom is 0.284 e. The summed E-state index contributed by atoms with van der Waals surface area (Å²) in [4.78, 5) is 31.4. The highest BCUT2D eigenvalue weighted by molar-refractivity contribution is 7.13. The Balaban J connectivity index is 1.27. The van der Waals surface area contributed by atoms with Gasteiger partial charge < -0.3 is 10.1 Å². The van der Waals surface area contributed by atoms with E-state index in [-0.39, 0.29) is 22.9 Å². The van der Waals surface area contributed by atoms with Crippen molar-refractivity contribution in [1.29, 1.82) is 0 Å². The van der Waals surface area contributed by atoms with Gasteiger partial charge >= 0.3 is 0 Å². The second kappa shape index (κ2) is 9.89. The highest BCUT2D eigenvalue weighted by Crippen LogP contribution is 2.35. The van der Waals surface area contributed by atoms with Crippen molar-refractivity contribution in [3.05, 3.63) is 112 Å². The van der Waals surface area contributed by atoms with Crippen molar-refractivity contribution in [3.8, 4) is 27.8 Å². The molecular formula is C28H20F2N6O3S. The van der Waals surface area contributed by atoms with Crippen molar-refractivity contribution in [2.24, 2.45) is 7.05 Å². The fourth-order valence-electron chi connectivity index (χ4n) is 4.43. The molecule has 2 aromatic carbocycles. The molecule has 0 aliphatic rings. The van der Waals surface area contributed by atoms with Crippen LogP contribution >= 0.6 is 11.3 Å². The summed E-state index contributed by atoms with van der Waals surface area (Å²) in [6.07, 6.45) is 3.08. The van der Waals surface area contributed by atoms with Crippen molar-refractivity contribution in [3.63, 3.8) is 0 Å². The molecule has 200 valence electrons. The number of ether oxygens (including phenoxy) is 1. The first kappa shape index (κ1) is 25.2. The summed E-state index contributed by atoms with van der Waals surface area (Å²) in [6, 6.07) is 15.0. The first-order valence-electron chi connectivity index (χ1n) is 12.0. The molecule has 9 nitrogen and oxygen atoms in total. The van der Waals surface area contributed by atoms with Gasteiger partial charge in [0.25, 0.3) is 11.5 Å². The number of aromatic nitrogens is 5. The first-order valence-corrected chi connectivity index (χ1v) is 12.9. The largest absolute Gasteiger partial charge is 0.434 e. The Morgan fingerprint density at radius 1 is 1.07 bits per heavy atom. The minimum atomic E-state index is -0.743. The minimum absolute atomic E-state index is 0.105. The normalized spacial score (nSPS) is 11.2. The molecule has 40 heavy (non-hydrogen) atoms. The van der Waals surface area contributed by atoms with E-state index in [1.807, 2.05) is 23.6 Å². The lowest BCUT2D eigenvalue weighted by Crippen LogP contribution is -2.25. The van der Waals surface area contributed by atoms with E-state index in [2.05, 4.69) is 15.4 Å². The lowest BCUT2D eigenvalue weighted by atomic mass is 10.2. The summed E-state index contributed by atoms with van der Waals surface area (Å²) in [5.74, 6) is -1.84. The number of hydrogen-bond donors (Lipinski definition) is 1. The number of carbonyl (C=O) groups excluding carboxylic acids is 1. The average molecular weight is 559 g/mol. The number of anilines is 1. The molecule has 0 fully saturated rings. The zero-order valence-electron chi connectivity index (χ0n) is 21.1. The van der Waals surface area contributed by atoms with Gasteiger partial charge in [-0.15, -0.1) is 11.3 Å². The molecule has 4 aromatic heterocycles. The van der Waals surface area contributed by atoms with Crippen molar-refractivity contribution >= 4 is 28.4 Å². The van der Waals surface area contributed by atoms with Gasteiger partial charge in [-0.25, -0.2) is 18.0 Å². The van der Waals surface area contributed by atoms with E-state index in [0.717, 1.165) is 16.5 Å². The van der Waals surface area contributed by atoms with Gasteiger partial charge in [0, 0.05) is 35.4 Å². The fourth-order valence-corrected chi connectivity index (χ4v) is 5.19. The molecule has 0 saturated carbocycles. The summed E-state index contributed by atoms with van der Waals surface area (Å²) in [7, 11) is 1.61. The van der Waals surface area contributed by atoms with Crippen LogP contribution < -0.4 is 15.6 Å². The van der Waals surface area contributed by atoms with Crippen LogP contribution in [0, 0.1) is 18.6 Å². The van der Waals surface area contributed by atoms with Crippen LogP contribution in [0.2, 0.25) is 0 Å². The summed E-state index contributed by atoms with van der Waals surface area (Å²) in [5.41, 5.74) is 1.62. The molecule has 0 bridgehead atoms. The predicted molar refractivity (Wildman–Crippen MR) is 146 cm³/mol. The van der Waals surface area contributed by atoms with Crippen molar-refractivity contribution in [2.75, 3.05) is 5.32 Å². The van der Waals surface area contributed by atoms with E-state index in [9.17, 15) is 14.0 Å². The molecule has 4 heterocycles. The second-order valence-electron chi connectivity index (χ2n) is 8.84. The molecule has 0 unspecified atom stereocenters. The predicted octanol–water partition coefficient (Wildman–Crippen LogP) is 5.58. The van der Waals surface area contributed by atoms with E-state index in [0.29, 0.717) is 16.9 Å². The van der Waals surface area contributed by atoms with E-state index in [1.165, 1.54) is 52.1 Å². The van der Waals surface area contributed by atoms with Crippen LogP contribution in [0.3, 0.4) is 0 Å². The summed E-state index contributed by atoms with van der Waals surface area (Å²) in [5, 5.41) is 8.73. The molecule has 12 heteroatoms. The van der Waals surface area contributed by atoms with Gasteiger partial charge in [0.15, 0.2) is 11.6 Å². The maximum absolute atomic E-state index is 15.1. The number of nitrogens with one attached hydrogen (secondary N) is 1. The van der Waals surface area contributed by atoms with E-state index < -0.39 is 23.1 Å². The van der Waals surface area contributed by atoms with Gasteiger partial charge in [0.1, 0.15) is 23.2 Å². The summed E-state index contributed by atoms with van der Waals surface area (Å²) >= 11 is 1.54. The Hall–Kier alpha value is -5.10. The highest BCUT2D eigenvalue weighted by Gasteiger charge is 2.23. The smallest absolute Gasteiger partial charge is 0.284 e. The quantitative estimate of drug-likeness (QED) is 0.288. The third-order valence-electron chi connectivity index (χ3n) is 6.45. The van der Waals surface area contributed by atoms with Gasteiger partial charge in [0.2, 0.25) is 5.88 Å². The van der Waals surface area contributed by atoms with Gasteiger partial charge in [0.05, 0.1) is 11.4 Å². The molecule has 1 N–H and O–H groups in total. The van der Waals surface area contributed by atoms with Crippen LogP contribution in [0.25, 0.3) is 21.6 Å². The van der Waals surface area contributed by atoms with Crippen molar-refractivity contribution < 1.29 is 18.3 Å². The number of hydrogen-bond acceptors (Lipinski definition) is 6.